The lowest BCUT2D eigenvalue weighted by Crippen LogP contribution is -2.65. The van der Waals surface area contributed by atoms with Crippen LogP contribution in [0.15, 0.2) is 48.5 Å². The highest BCUT2D eigenvalue weighted by Gasteiger charge is 2.68. The van der Waals surface area contributed by atoms with E-state index in [-0.39, 0.29) is 36.8 Å². The van der Waals surface area contributed by atoms with Crippen molar-refractivity contribution in [1.82, 2.24) is 31.9 Å². The normalized spacial score (nSPS) is 22.7. The summed E-state index contributed by atoms with van der Waals surface area (Å²) in [5.74, 6) is -4.89. The van der Waals surface area contributed by atoms with Gasteiger partial charge in [-0.1, -0.05) is 63.6 Å². The summed E-state index contributed by atoms with van der Waals surface area (Å²) >= 11 is 0. The predicted octanol–water partition coefficient (Wildman–Crippen LogP) is 1.93. The summed E-state index contributed by atoms with van der Waals surface area (Å²) in [6.07, 6.45) is 4.06. The van der Waals surface area contributed by atoms with E-state index in [0.29, 0.717) is 36.8 Å². The predicted molar refractivity (Wildman–Crippen MR) is 257 cm³/mol. The highest BCUT2D eigenvalue weighted by atomic mass is 16.7. The molecule has 10 atom stereocenters. The van der Waals surface area contributed by atoms with Gasteiger partial charge in [0.25, 0.3) is 5.91 Å². The number of nitrogens with two attached hydrogens (primary N) is 2. The average Bonchev–Trinajstić information content (AvgIpc) is 3.67. The number of carbonyl (C=O) groups excluding carboxylic acids is 7. The molecule has 4 fully saturated rings. The molecule has 0 aromatic heterocycles. The van der Waals surface area contributed by atoms with Gasteiger partial charge in [-0.2, -0.15) is 0 Å². The zero-order valence-corrected chi connectivity index (χ0v) is 40.7. The van der Waals surface area contributed by atoms with Crippen molar-refractivity contribution in [1.29, 1.82) is 0 Å². The number of hydrogen-bond donors (Lipinski definition) is 9. The fraction of sp³-hybridized carbons (Fsp3) is 0.612. The minimum Gasteiger partial charge on any atom is -0.404 e. The minimum absolute atomic E-state index is 0.0228. The number of primary amides is 1. The molecule has 3 saturated carbocycles. The molecular formula is C49H73BN8O10. The highest BCUT2D eigenvalue weighted by molar-refractivity contribution is 6.47. The van der Waals surface area contributed by atoms with E-state index in [1.54, 1.807) is 19.1 Å². The number of amides is 7. The van der Waals surface area contributed by atoms with Gasteiger partial charge in [-0.3, -0.25) is 33.6 Å². The maximum absolute atomic E-state index is 13.6. The van der Waals surface area contributed by atoms with Gasteiger partial charge in [0, 0.05) is 18.5 Å². The zero-order valence-electron chi connectivity index (χ0n) is 40.7. The van der Waals surface area contributed by atoms with Crippen LogP contribution in [0.2, 0.25) is 0 Å². The first-order chi connectivity index (χ1) is 32.2. The van der Waals surface area contributed by atoms with Gasteiger partial charge < -0.3 is 57.8 Å². The van der Waals surface area contributed by atoms with Crippen LogP contribution in [0.5, 0.6) is 0 Å². The Labute approximate surface area is 400 Å². The molecule has 68 heavy (non-hydrogen) atoms. The molecule has 7 amide bonds. The number of aliphatic hydroxyl groups is 1. The van der Waals surface area contributed by atoms with Crippen LogP contribution in [0.3, 0.4) is 0 Å². The van der Waals surface area contributed by atoms with E-state index >= 15 is 0 Å². The van der Waals surface area contributed by atoms with Crippen LogP contribution in [-0.4, -0.2) is 115 Å². The standard InChI is InChI=1S/C49H73BN8O10/c1-8-9-12-31-14-16-32(17-15-31)33-18-20-34(21-19-33)44(63)53-24-22-41(61)56-36(13-10-11-23-51)45(64)58-42(29(3)59)47(66)54-28(2)43(62)57-37(27-40(52)60)46(65)55-30(4)50-67-39-26-35-25-38(48(35,5)6)49(39,7)68-50/h14-21,28-30,35-39,42,59H,8-13,22-27,51H2,1-7H3,(H2,52,60)(H,53,63)(H,54,66)(H,55,65)(H,56,61)(H,57,62)(H,58,64). The maximum atomic E-state index is 13.6. The molecule has 19 heteroatoms. The first kappa shape index (κ1) is 53.6. The van der Waals surface area contributed by atoms with Crippen LogP contribution < -0.4 is 43.4 Å². The highest BCUT2D eigenvalue weighted by Crippen LogP contribution is 2.65. The number of carbonyl (C=O) groups is 7. The van der Waals surface area contributed by atoms with Crippen LogP contribution in [0, 0.1) is 17.3 Å². The van der Waals surface area contributed by atoms with E-state index in [1.165, 1.54) is 19.4 Å². The van der Waals surface area contributed by atoms with E-state index < -0.39 is 90.8 Å². The molecule has 0 radical (unpaired) electrons. The monoisotopic (exact) mass is 945 g/mol. The van der Waals surface area contributed by atoms with Crippen molar-refractivity contribution in [2.75, 3.05) is 13.1 Å². The lowest BCUT2D eigenvalue weighted by atomic mass is 9.43. The Balaban J connectivity index is 1.10. The fourth-order valence-electron chi connectivity index (χ4n) is 9.72. The Morgan fingerprint density at radius 1 is 0.794 bits per heavy atom. The third kappa shape index (κ3) is 13.4. The average molecular weight is 945 g/mol. The van der Waals surface area contributed by atoms with Crippen molar-refractivity contribution in [3.63, 3.8) is 0 Å². The van der Waals surface area contributed by atoms with Crippen LogP contribution in [-0.2, 0) is 44.5 Å². The number of unbranched alkanes of at least 4 members (excludes halogenated alkanes) is 2. The van der Waals surface area contributed by atoms with Gasteiger partial charge in [0.1, 0.15) is 24.2 Å². The molecule has 2 aromatic carbocycles. The number of nitrogens with one attached hydrogen (secondary N) is 6. The molecule has 2 aromatic rings. The molecule has 10 unspecified atom stereocenters. The molecular weight excluding hydrogens is 871 g/mol. The van der Waals surface area contributed by atoms with Gasteiger partial charge in [-0.25, -0.2) is 0 Å². The Bertz CT molecular complexity index is 2110. The van der Waals surface area contributed by atoms with Crippen LogP contribution in [0.1, 0.15) is 122 Å². The molecule has 0 spiro atoms. The molecule has 3 aliphatic carbocycles. The summed E-state index contributed by atoms with van der Waals surface area (Å²) in [5, 5.41) is 26.2. The lowest BCUT2D eigenvalue weighted by Gasteiger charge is -2.64. The number of aliphatic hydroxyl groups excluding tert-OH is 1. The van der Waals surface area contributed by atoms with Gasteiger partial charge in [0.05, 0.1) is 30.2 Å². The van der Waals surface area contributed by atoms with Gasteiger partial charge >= 0.3 is 7.12 Å². The molecule has 1 aliphatic heterocycles. The van der Waals surface area contributed by atoms with Gasteiger partial charge in [0.2, 0.25) is 35.4 Å². The second-order valence-corrected chi connectivity index (χ2v) is 19.6. The minimum atomic E-state index is -1.57. The number of benzene rings is 2. The van der Waals surface area contributed by atoms with Crippen molar-refractivity contribution < 1.29 is 48.0 Å². The number of hydrogen-bond acceptors (Lipinski definition) is 11. The zero-order chi connectivity index (χ0) is 49.9. The summed E-state index contributed by atoms with van der Waals surface area (Å²) in [7, 11) is -0.764. The van der Waals surface area contributed by atoms with Crippen LogP contribution in [0.25, 0.3) is 11.1 Å². The SMILES string of the molecule is CCCCc1ccc(-c2ccc(C(=O)NCCC(=O)NC(CCCCN)C(=O)NC(C(=O)NC(C)C(=O)NC(CC(N)=O)C(=O)NC(C)B3OC4CC5CC(C5(C)C)C4(C)O3)C(C)O)cc2)cc1. The van der Waals surface area contributed by atoms with Crippen molar-refractivity contribution in [3.8, 4) is 11.1 Å². The lowest BCUT2D eigenvalue weighted by molar-refractivity contribution is -0.199. The summed E-state index contributed by atoms with van der Waals surface area (Å²) < 4.78 is 12.7. The summed E-state index contributed by atoms with van der Waals surface area (Å²) in [4.78, 5) is 92.0. The fourth-order valence-corrected chi connectivity index (χ4v) is 9.72. The smallest absolute Gasteiger partial charge is 0.404 e. The molecule has 18 nitrogen and oxygen atoms in total. The van der Waals surface area contributed by atoms with E-state index in [0.717, 1.165) is 43.2 Å². The summed E-state index contributed by atoms with van der Waals surface area (Å²) in [6, 6.07) is 10.1. The molecule has 11 N–H and O–H groups in total. The summed E-state index contributed by atoms with van der Waals surface area (Å²) in [5.41, 5.74) is 14.4. The van der Waals surface area contributed by atoms with E-state index in [1.807, 2.05) is 12.1 Å². The van der Waals surface area contributed by atoms with Crippen molar-refractivity contribution >= 4 is 48.5 Å². The molecule has 6 rings (SSSR count). The van der Waals surface area contributed by atoms with E-state index in [4.69, 9.17) is 20.8 Å². The van der Waals surface area contributed by atoms with E-state index in [2.05, 4.69) is 83.9 Å². The Morgan fingerprint density at radius 3 is 2.04 bits per heavy atom. The molecule has 4 aliphatic rings. The quantitative estimate of drug-likeness (QED) is 0.0512. The third-order valence-electron chi connectivity index (χ3n) is 14.1. The van der Waals surface area contributed by atoms with E-state index in [9.17, 15) is 38.7 Å². The van der Waals surface area contributed by atoms with Crippen molar-refractivity contribution in [2.24, 2.45) is 28.7 Å². The number of rotatable bonds is 25. The van der Waals surface area contributed by atoms with Crippen molar-refractivity contribution in [3.05, 3.63) is 59.7 Å². The molecule has 1 saturated heterocycles. The second-order valence-electron chi connectivity index (χ2n) is 19.6. The topological polar surface area (TPSA) is 282 Å². The Hall–Kier alpha value is -5.37. The number of aryl methyl sites for hydroxylation is 1. The maximum Gasteiger partial charge on any atom is 0.481 e. The Morgan fingerprint density at radius 2 is 1.44 bits per heavy atom. The van der Waals surface area contributed by atoms with Gasteiger partial charge in [-0.15, -0.1) is 0 Å². The van der Waals surface area contributed by atoms with Crippen molar-refractivity contribution in [2.45, 2.75) is 161 Å². The van der Waals surface area contributed by atoms with Crippen LogP contribution in [0.4, 0.5) is 0 Å². The van der Waals surface area contributed by atoms with Crippen LogP contribution >= 0.6 is 0 Å². The first-order valence-corrected chi connectivity index (χ1v) is 24.2. The first-order valence-electron chi connectivity index (χ1n) is 24.2. The molecule has 372 valence electrons. The molecule has 2 bridgehead atoms. The third-order valence-corrected chi connectivity index (χ3v) is 14.1. The molecule has 1 heterocycles. The summed E-state index contributed by atoms with van der Waals surface area (Å²) in [6.45, 7) is 13.3. The Kier molecular flexibility index (Phi) is 18.7. The van der Waals surface area contributed by atoms with Gasteiger partial charge in [0.15, 0.2) is 0 Å². The second kappa shape index (κ2) is 23.8. The largest absolute Gasteiger partial charge is 0.481 e. The van der Waals surface area contributed by atoms with Gasteiger partial charge in [-0.05, 0) is 125 Å².